The summed E-state index contributed by atoms with van der Waals surface area (Å²) in [6.07, 6.45) is 0.853. The van der Waals surface area contributed by atoms with Crippen LogP contribution in [0.5, 0.6) is 5.75 Å². The van der Waals surface area contributed by atoms with E-state index in [9.17, 15) is 9.59 Å². The average Bonchev–Trinajstić information content (AvgIpc) is 2.43. The lowest BCUT2D eigenvalue weighted by Crippen LogP contribution is -2.30. The molecule has 1 aromatic carbocycles. The molecule has 0 saturated heterocycles. The van der Waals surface area contributed by atoms with E-state index >= 15 is 0 Å². The lowest BCUT2D eigenvalue weighted by molar-refractivity contribution is -0.139. The van der Waals surface area contributed by atoms with Crippen LogP contribution in [0, 0.1) is 0 Å². The Labute approximate surface area is 117 Å². The zero-order valence-electron chi connectivity index (χ0n) is 11.3. The molecule has 7 nitrogen and oxygen atoms in total. The fourth-order valence-electron chi connectivity index (χ4n) is 1.42. The van der Waals surface area contributed by atoms with Crippen LogP contribution < -0.4 is 20.7 Å². The minimum atomic E-state index is -1.03. The van der Waals surface area contributed by atoms with E-state index in [1.54, 1.807) is 24.3 Å². The van der Waals surface area contributed by atoms with E-state index in [4.69, 9.17) is 9.84 Å². The molecular weight excluding hydrogens is 262 g/mol. The smallest absolute Gasteiger partial charge is 0.341 e. The molecule has 0 aliphatic rings. The number of anilines is 1. The first-order valence-corrected chi connectivity index (χ1v) is 6.26. The number of hydrogen-bond donors (Lipinski definition) is 4. The van der Waals surface area contributed by atoms with E-state index in [-0.39, 0.29) is 6.03 Å². The van der Waals surface area contributed by atoms with Gasteiger partial charge in [0.15, 0.2) is 6.61 Å². The molecule has 0 heterocycles. The zero-order valence-corrected chi connectivity index (χ0v) is 11.3. The van der Waals surface area contributed by atoms with E-state index in [0.29, 0.717) is 18.0 Å². The summed E-state index contributed by atoms with van der Waals surface area (Å²) in [7, 11) is 1.86. The van der Waals surface area contributed by atoms with Gasteiger partial charge in [-0.2, -0.15) is 0 Å². The molecule has 0 aromatic heterocycles. The van der Waals surface area contributed by atoms with Crippen molar-refractivity contribution in [1.29, 1.82) is 0 Å². The molecule has 4 N–H and O–H groups in total. The Morgan fingerprint density at radius 1 is 1.20 bits per heavy atom. The van der Waals surface area contributed by atoms with Gasteiger partial charge in [-0.25, -0.2) is 9.59 Å². The second-order valence-electron chi connectivity index (χ2n) is 4.04. The van der Waals surface area contributed by atoms with Crippen LogP contribution in [0.1, 0.15) is 6.42 Å². The van der Waals surface area contributed by atoms with E-state index in [2.05, 4.69) is 16.0 Å². The number of amides is 2. The number of hydrogen-bond acceptors (Lipinski definition) is 4. The molecule has 0 saturated carbocycles. The quantitative estimate of drug-likeness (QED) is 0.530. The van der Waals surface area contributed by atoms with Gasteiger partial charge in [-0.1, -0.05) is 0 Å². The number of carboxylic acid groups (broad SMARTS) is 1. The largest absolute Gasteiger partial charge is 0.482 e. The molecular formula is C13H19N3O4. The van der Waals surface area contributed by atoms with Gasteiger partial charge >= 0.3 is 12.0 Å². The van der Waals surface area contributed by atoms with Crippen LogP contribution in [-0.4, -0.2) is 43.9 Å². The van der Waals surface area contributed by atoms with Crippen molar-refractivity contribution in [3.05, 3.63) is 24.3 Å². The molecule has 7 heteroatoms. The normalized spacial score (nSPS) is 9.85. The van der Waals surface area contributed by atoms with Gasteiger partial charge in [0.2, 0.25) is 0 Å². The first-order valence-electron chi connectivity index (χ1n) is 6.26. The molecule has 0 fully saturated rings. The zero-order chi connectivity index (χ0) is 14.8. The number of urea groups is 1. The number of benzene rings is 1. The van der Waals surface area contributed by atoms with E-state index in [1.165, 1.54) is 0 Å². The van der Waals surface area contributed by atoms with Crippen molar-refractivity contribution in [1.82, 2.24) is 10.6 Å². The maximum absolute atomic E-state index is 11.5. The average molecular weight is 281 g/mol. The third-order valence-corrected chi connectivity index (χ3v) is 2.36. The summed E-state index contributed by atoms with van der Waals surface area (Å²) in [6.45, 7) is 1.04. The number of ether oxygens (including phenoxy) is 1. The van der Waals surface area contributed by atoms with Crippen molar-refractivity contribution in [3.63, 3.8) is 0 Å². The van der Waals surface area contributed by atoms with Crippen molar-refractivity contribution < 1.29 is 19.4 Å². The first kappa shape index (κ1) is 15.8. The highest BCUT2D eigenvalue weighted by Gasteiger charge is 2.02. The molecule has 0 aliphatic carbocycles. The topological polar surface area (TPSA) is 99.7 Å². The summed E-state index contributed by atoms with van der Waals surface area (Å²) in [5, 5.41) is 16.9. The van der Waals surface area contributed by atoms with Crippen molar-refractivity contribution in [2.75, 3.05) is 32.1 Å². The van der Waals surface area contributed by atoms with Crippen LogP contribution in [0.3, 0.4) is 0 Å². The third kappa shape index (κ3) is 6.60. The lowest BCUT2D eigenvalue weighted by atomic mass is 10.3. The fraction of sp³-hybridized carbons (Fsp3) is 0.385. The molecule has 110 valence electrons. The predicted molar refractivity (Wildman–Crippen MR) is 75.1 cm³/mol. The Morgan fingerprint density at radius 2 is 1.90 bits per heavy atom. The van der Waals surface area contributed by atoms with Crippen molar-refractivity contribution in [3.8, 4) is 5.75 Å². The van der Waals surface area contributed by atoms with Gasteiger partial charge in [-0.3, -0.25) is 0 Å². The Morgan fingerprint density at radius 3 is 2.50 bits per heavy atom. The van der Waals surface area contributed by atoms with Gasteiger partial charge in [-0.15, -0.1) is 0 Å². The van der Waals surface area contributed by atoms with Crippen LogP contribution in [0.25, 0.3) is 0 Å². The molecule has 20 heavy (non-hydrogen) atoms. The standard InChI is InChI=1S/C13H19N3O4/c1-14-7-2-8-15-13(19)16-10-3-5-11(6-4-10)20-9-12(17)18/h3-6,14H,2,7-9H2,1H3,(H,17,18)(H2,15,16,19). The van der Waals surface area contributed by atoms with Crippen LogP contribution in [-0.2, 0) is 4.79 Å². The predicted octanol–water partition coefficient (Wildman–Crippen LogP) is 0.881. The van der Waals surface area contributed by atoms with Gasteiger partial charge in [0, 0.05) is 12.2 Å². The Kier molecular flexibility index (Phi) is 6.91. The lowest BCUT2D eigenvalue weighted by Gasteiger charge is -2.08. The Hall–Kier alpha value is -2.28. The second-order valence-corrected chi connectivity index (χ2v) is 4.04. The van der Waals surface area contributed by atoms with Crippen molar-refractivity contribution in [2.45, 2.75) is 6.42 Å². The van der Waals surface area contributed by atoms with E-state index in [1.807, 2.05) is 7.05 Å². The fourth-order valence-corrected chi connectivity index (χ4v) is 1.42. The molecule has 1 aromatic rings. The first-order chi connectivity index (χ1) is 9.61. The van der Waals surface area contributed by atoms with Crippen LogP contribution >= 0.6 is 0 Å². The van der Waals surface area contributed by atoms with E-state index in [0.717, 1.165) is 13.0 Å². The number of carbonyl (C=O) groups excluding carboxylic acids is 1. The minimum Gasteiger partial charge on any atom is -0.482 e. The van der Waals surface area contributed by atoms with Gasteiger partial charge in [0.05, 0.1) is 0 Å². The highest BCUT2D eigenvalue weighted by atomic mass is 16.5. The van der Waals surface area contributed by atoms with Gasteiger partial charge < -0.3 is 25.8 Å². The summed E-state index contributed by atoms with van der Waals surface area (Å²) < 4.78 is 4.98. The van der Waals surface area contributed by atoms with Crippen molar-refractivity contribution >= 4 is 17.7 Å². The number of carbonyl (C=O) groups is 2. The summed E-state index contributed by atoms with van der Waals surface area (Å²) in [6, 6.07) is 6.20. The molecule has 0 aliphatic heterocycles. The molecule has 0 spiro atoms. The van der Waals surface area contributed by atoms with Gasteiger partial charge in [0.1, 0.15) is 5.75 Å². The minimum absolute atomic E-state index is 0.277. The highest BCUT2D eigenvalue weighted by Crippen LogP contribution is 2.15. The molecule has 0 atom stereocenters. The maximum atomic E-state index is 11.5. The summed E-state index contributed by atoms with van der Waals surface area (Å²) in [5.41, 5.74) is 0.610. The highest BCUT2D eigenvalue weighted by molar-refractivity contribution is 5.89. The molecule has 0 unspecified atom stereocenters. The van der Waals surface area contributed by atoms with Gasteiger partial charge in [-0.05, 0) is 44.3 Å². The second kappa shape index (κ2) is 8.76. The molecule has 0 radical (unpaired) electrons. The number of nitrogens with one attached hydrogen (secondary N) is 3. The number of carboxylic acids is 1. The maximum Gasteiger partial charge on any atom is 0.341 e. The summed E-state index contributed by atoms with van der Waals surface area (Å²) >= 11 is 0. The van der Waals surface area contributed by atoms with Crippen LogP contribution in [0.4, 0.5) is 10.5 Å². The Balaban J connectivity index is 2.33. The molecule has 2 amide bonds. The SMILES string of the molecule is CNCCCNC(=O)Nc1ccc(OCC(=O)O)cc1. The van der Waals surface area contributed by atoms with Crippen molar-refractivity contribution in [2.24, 2.45) is 0 Å². The van der Waals surface area contributed by atoms with Gasteiger partial charge in [0.25, 0.3) is 0 Å². The summed E-state index contributed by atoms with van der Waals surface area (Å²) in [4.78, 5) is 21.9. The Bertz CT molecular complexity index is 434. The van der Waals surface area contributed by atoms with E-state index < -0.39 is 12.6 Å². The summed E-state index contributed by atoms with van der Waals surface area (Å²) in [5.74, 6) is -0.597. The number of aliphatic carboxylic acids is 1. The number of rotatable bonds is 8. The third-order valence-electron chi connectivity index (χ3n) is 2.36. The van der Waals surface area contributed by atoms with Crippen LogP contribution in [0.15, 0.2) is 24.3 Å². The van der Waals surface area contributed by atoms with Crippen LogP contribution in [0.2, 0.25) is 0 Å². The molecule has 1 rings (SSSR count). The monoisotopic (exact) mass is 281 g/mol. The molecule has 0 bridgehead atoms.